The van der Waals surface area contributed by atoms with Gasteiger partial charge in [0.1, 0.15) is 11.5 Å². The number of ether oxygens (including phenoxy) is 2. The average molecular weight is 351 g/mol. The smallest absolute Gasteiger partial charge is 0.135 e. The minimum absolute atomic E-state index is 0.164. The van der Waals surface area contributed by atoms with Crippen LogP contribution in [0.5, 0.6) is 11.5 Å². The van der Waals surface area contributed by atoms with Crippen molar-refractivity contribution in [2.24, 2.45) is 0 Å². The van der Waals surface area contributed by atoms with Gasteiger partial charge >= 0.3 is 0 Å². The summed E-state index contributed by atoms with van der Waals surface area (Å²) in [4.78, 5) is 0. The lowest BCUT2D eigenvalue weighted by Crippen LogP contribution is -2.05. The predicted molar refractivity (Wildman–Crippen MR) is 90.6 cm³/mol. The first-order valence-electron chi connectivity index (χ1n) is 6.66. The maximum atomic E-state index is 6.02. The second-order valence-corrected chi connectivity index (χ2v) is 5.74. The molecule has 112 valence electrons. The Labute approximate surface area is 133 Å². The molecule has 0 unspecified atom stereocenters. The Hall–Kier alpha value is -1.88. The van der Waals surface area contributed by atoms with Gasteiger partial charge in [0.15, 0.2) is 0 Å². The van der Waals surface area contributed by atoms with Crippen LogP contribution in [0.25, 0.3) is 0 Å². The highest BCUT2D eigenvalue weighted by Gasteiger charge is 2.07. The summed E-state index contributed by atoms with van der Waals surface area (Å²) in [5.74, 6) is 1.55. The molecular weight excluding hydrogens is 332 g/mol. The summed E-state index contributed by atoms with van der Waals surface area (Å²) < 4.78 is 11.7. The molecule has 4 nitrogen and oxygen atoms in total. The maximum Gasteiger partial charge on any atom is 0.135 e. The molecule has 0 aromatic heterocycles. The van der Waals surface area contributed by atoms with Crippen LogP contribution >= 0.6 is 15.9 Å². The molecule has 2 aromatic carbocycles. The van der Waals surface area contributed by atoms with E-state index < -0.39 is 0 Å². The van der Waals surface area contributed by atoms with Gasteiger partial charge in [-0.2, -0.15) is 0 Å². The normalized spacial score (nSPS) is 10.5. The first-order chi connectivity index (χ1) is 9.99. The Morgan fingerprint density at radius 2 is 1.81 bits per heavy atom. The van der Waals surface area contributed by atoms with Crippen molar-refractivity contribution in [2.75, 3.05) is 18.2 Å². The topological polar surface area (TPSA) is 56.5 Å². The minimum Gasteiger partial charge on any atom is -0.495 e. The van der Waals surface area contributed by atoms with E-state index in [1.54, 1.807) is 13.2 Å². The van der Waals surface area contributed by atoms with Crippen LogP contribution in [0.3, 0.4) is 0 Å². The Balaban J connectivity index is 2.16. The van der Waals surface area contributed by atoms with Gasteiger partial charge in [0, 0.05) is 11.8 Å². The number of benzene rings is 2. The Bertz CT molecular complexity index is 612. The number of hydrogen-bond acceptors (Lipinski definition) is 4. The van der Waals surface area contributed by atoms with Gasteiger partial charge in [-0.05, 0) is 60.1 Å². The second-order valence-electron chi connectivity index (χ2n) is 4.89. The molecule has 21 heavy (non-hydrogen) atoms. The van der Waals surface area contributed by atoms with E-state index in [-0.39, 0.29) is 6.10 Å². The summed E-state index contributed by atoms with van der Waals surface area (Å²) in [5.41, 5.74) is 8.40. The molecule has 0 bridgehead atoms. The number of rotatable bonds is 5. The van der Waals surface area contributed by atoms with E-state index in [1.165, 1.54) is 0 Å². The number of hydrogen-bond donors (Lipinski definition) is 2. The van der Waals surface area contributed by atoms with Crippen LogP contribution in [0, 0.1) is 0 Å². The van der Waals surface area contributed by atoms with Crippen LogP contribution in [0.2, 0.25) is 0 Å². The molecule has 0 saturated carbocycles. The van der Waals surface area contributed by atoms with E-state index in [1.807, 2.05) is 44.2 Å². The molecule has 0 aliphatic carbocycles. The SMILES string of the molecule is COc1cc(N)c(Nc2ccc(OC(C)C)cc2)cc1Br. The zero-order chi connectivity index (χ0) is 15.4. The number of halogens is 1. The fourth-order valence-corrected chi connectivity index (χ4v) is 2.38. The third-order valence-corrected chi connectivity index (χ3v) is 3.45. The molecule has 2 aromatic rings. The number of nitrogens with one attached hydrogen (secondary N) is 1. The van der Waals surface area contributed by atoms with Crippen LogP contribution < -0.4 is 20.5 Å². The van der Waals surface area contributed by atoms with Gasteiger partial charge < -0.3 is 20.5 Å². The van der Waals surface area contributed by atoms with E-state index in [9.17, 15) is 0 Å². The van der Waals surface area contributed by atoms with Crippen LogP contribution in [-0.2, 0) is 0 Å². The molecule has 0 aliphatic rings. The molecule has 0 amide bonds. The minimum atomic E-state index is 0.164. The van der Waals surface area contributed by atoms with Crippen molar-refractivity contribution in [2.45, 2.75) is 20.0 Å². The van der Waals surface area contributed by atoms with E-state index in [0.29, 0.717) is 11.4 Å². The number of nitrogen functional groups attached to an aromatic ring is 1. The number of anilines is 3. The van der Waals surface area contributed by atoms with Crippen molar-refractivity contribution in [3.05, 3.63) is 40.9 Å². The van der Waals surface area contributed by atoms with Crippen LogP contribution in [0.1, 0.15) is 13.8 Å². The van der Waals surface area contributed by atoms with Crippen molar-refractivity contribution in [1.82, 2.24) is 0 Å². The molecule has 0 saturated heterocycles. The van der Waals surface area contributed by atoms with E-state index in [4.69, 9.17) is 15.2 Å². The number of methoxy groups -OCH3 is 1. The molecular formula is C16H19BrN2O2. The number of nitrogens with two attached hydrogens (primary N) is 1. The summed E-state index contributed by atoms with van der Waals surface area (Å²) in [6, 6.07) is 11.4. The summed E-state index contributed by atoms with van der Waals surface area (Å²) in [6.07, 6.45) is 0.164. The molecule has 0 radical (unpaired) electrons. The average Bonchev–Trinajstić information content (AvgIpc) is 2.44. The summed E-state index contributed by atoms with van der Waals surface area (Å²) in [6.45, 7) is 4.00. The van der Waals surface area contributed by atoms with Gasteiger partial charge in [-0.25, -0.2) is 0 Å². The third-order valence-electron chi connectivity index (χ3n) is 2.83. The van der Waals surface area contributed by atoms with Crippen molar-refractivity contribution in [1.29, 1.82) is 0 Å². The summed E-state index contributed by atoms with van der Waals surface area (Å²) in [5, 5.41) is 3.28. The highest BCUT2D eigenvalue weighted by molar-refractivity contribution is 9.10. The monoisotopic (exact) mass is 350 g/mol. The van der Waals surface area contributed by atoms with Crippen molar-refractivity contribution in [3.63, 3.8) is 0 Å². The van der Waals surface area contributed by atoms with Gasteiger partial charge in [0.05, 0.1) is 29.1 Å². The third kappa shape index (κ3) is 4.04. The van der Waals surface area contributed by atoms with Gasteiger partial charge in [0.25, 0.3) is 0 Å². The Kier molecular flexibility index (Phi) is 4.96. The highest BCUT2D eigenvalue weighted by Crippen LogP contribution is 2.34. The molecule has 0 fully saturated rings. The summed E-state index contributed by atoms with van der Waals surface area (Å²) >= 11 is 3.45. The lowest BCUT2D eigenvalue weighted by molar-refractivity contribution is 0.242. The molecule has 3 N–H and O–H groups in total. The van der Waals surface area contributed by atoms with E-state index in [0.717, 1.165) is 21.6 Å². The lowest BCUT2D eigenvalue weighted by Gasteiger charge is -2.13. The Morgan fingerprint density at radius 1 is 1.14 bits per heavy atom. The molecule has 0 atom stereocenters. The zero-order valence-electron chi connectivity index (χ0n) is 12.3. The fraction of sp³-hybridized carbons (Fsp3) is 0.250. The largest absolute Gasteiger partial charge is 0.495 e. The standard InChI is InChI=1S/C16H19BrN2O2/c1-10(2)21-12-6-4-11(5-7-12)19-15-8-13(17)16(20-3)9-14(15)18/h4-10,19H,18H2,1-3H3. The Morgan fingerprint density at radius 3 is 2.38 bits per heavy atom. The quantitative estimate of drug-likeness (QED) is 0.775. The second kappa shape index (κ2) is 6.72. The molecule has 2 rings (SSSR count). The van der Waals surface area contributed by atoms with E-state index >= 15 is 0 Å². The maximum absolute atomic E-state index is 6.02. The lowest BCUT2D eigenvalue weighted by atomic mass is 10.2. The highest BCUT2D eigenvalue weighted by atomic mass is 79.9. The van der Waals surface area contributed by atoms with Crippen LogP contribution in [0.15, 0.2) is 40.9 Å². The first kappa shape index (κ1) is 15.5. The van der Waals surface area contributed by atoms with Crippen LogP contribution in [-0.4, -0.2) is 13.2 Å². The van der Waals surface area contributed by atoms with Crippen molar-refractivity contribution >= 4 is 33.0 Å². The van der Waals surface area contributed by atoms with Crippen molar-refractivity contribution < 1.29 is 9.47 Å². The van der Waals surface area contributed by atoms with Crippen molar-refractivity contribution in [3.8, 4) is 11.5 Å². The molecule has 0 heterocycles. The summed E-state index contributed by atoms with van der Waals surface area (Å²) in [7, 11) is 1.61. The van der Waals surface area contributed by atoms with Crippen LogP contribution in [0.4, 0.5) is 17.1 Å². The van der Waals surface area contributed by atoms with Gasteiger partial charge in [-0.1, -0.05) is 0 Å². The van der Waals surface area contributed by atoms with Gasteiger partial charge in [-0.15, -0.1) is 0 Å². The first-order valence-corrected chi connectivity index (χ1v) is 7.45. The zero-order valence-corrected chi connectivity index (χ0v) is 13.9. The molecule has 0 spiro atoms. The fourth-order valence-electron chi connectivity index (χ4n) is 1.88. The molecule has 0 aliphatic heterocycles. The predicted octanol–water partition coefficient (Wildman–Crippen LogP) is 4.57. The van der Waals surface area contributed by atoms with Gasteiger partial charge in [-0.3, -0.25) is 0 Å². The van der Waals surface area contributed by atoms with E-state index in [2.05, 4.69) is 21.2 Å². The molecule has 5 heteroatoms. The van der Waals surface area contributed by atoms with Gasteiger partial charge in [0.2, 0.25) is 0 Å².